The van der Waals surface area contributed by atoms with Gasteiger partial charge in [0.05, 0.1) is 0 Å². The van der Waals surface area contributed by atoms with Gasteiger partial charge in [-0.05, 0) is 34.8 Å². The third-order valence-electron chi connectivity index (χ3n) is 3.85. The summed E-state index contributed by atoms with van der Waals surface area (Å²) in [5, 5.41) is 0.308. The van der Waals surface area contributed by atoms with Gasteiger partial charge in [-0.15, -0.1) is 0 Å². The summed E-state index contributed by atoms with van der Waals surface area (Å²) in [6.07, 6.45) is 2.08. The average molecular weight is 294 g/mol. The molecule has 1 aliphatic heterocycles. The van der Waals surface area contributed by atoms with Crippen molar-refractivity contribution in [2.24, 2.45) is 11.7 Å². The Kier molecular flexibility index (Phi) is 5.90. The highest BCUT2D eigenvalue weighted by Crippen LogP contribution is 2.25. The van der Waals surface area contributed by atoms with Crippen LogP contribution in [0, 0.1) is 5.92 Å². The summed E-state index contributed by atoms with van der Waals surface area (Å²) >= 11 is -0.875. The number of hydrogen-bond acceptors (Lipinski definition) is 3. The van der Waals surface area contributed by atoms with Crippen LogP contribution in [0.25, 0.3) is 0 Å². The van der Waals surface area contributed by atoms with E-state index in [0.717, 1.165) is 42.9 Å². The first kappa shape index (κ1) is 15.8. The fraction of sp³-hybridized carbons (Fsp3) is 0.625. The van der Waals surface area contributed by atoms with Gasteiger partial charge in [0.2, 0.25) is 0 Å². The number of nitrogens with two attached hydrogens (primary N) is 1. The van der Waals surface area contributed by atoms with Gasteiger partial charge in [-0.2, -0.15) is 0 Å². The Bertz CT molecular complexity index is 399. The van der Waals surface area contributed by atoms with E-state index >= 15 is 0 Å². The molecule has 0 radical (unpaired) electrons. The molecule has 0 spiro atoms. The second-order valence-corrected chi connectivity index (χ2v) is 7.77. The molecule has 0 aromatic heterocycles. The summed E-state index contributed by atoms with van der Waals surface area (Å²) in [5.41, 5.74) is 6.69. The molecule has 112 valence electrons. The Hall–Kier alpha value is -0.550. The lowest BCUT2D eigenvalue weighted by atomic mass is 10.1. The first-order valence-corrected chi connectivity index (χ1v) is 8.73. The molecule has 0 saturated carbocycles. The van der Waals surface area contributed by atoms with Crippen molar-refractivity contribution < 1.29 is 4.55 Å². The molecular formula is C16H26N2OS. The van der Waals surface area contributed by atoms with Crippen LogP contribution in [0.4, 0.5) is 0 Å². The molecule has 20 heavy (non-hydrogen) atoms. The van der Waals surface area contributed by atoms with Gasteiger partial charge in [-0.25, -0.2) is 0 Å². The zero-order chi connectivity index (χ0) is 14.5. The third-order valence-corrected chi connectivity index (χ3v) is 5.67. The van der Waals surface area contributed by atoms with Crippen molar-refractivity contribution in [1.29, 1.82) is 0 Å². The molecule has 0 amide bonds. The second kappa shape index (κ2) is 7.46. The van der Waals surface area contributed by atoms with Gasteiger partial charge in [0.15, 0.2) is 4.90 Å². The van der Waals surface area contributed by atoms with Crippen LogP contribution in [-0.2, 0) is 17.7 Å². The Morgan fingerprint density at radius 3 is 2.35 bits per heavy atom. The molecule has 1 aromatic rings. The monoisotopic (exact) mass is 294 g/mol. The Labute approximate surface area is 125 Å². The highest BCUT2D eigenvalue weighted by atomic mass is 32.2. The molecular weight excluding hydrogens is 268 g/mol. The molecule has 1 aromatic carbocycles. The van der Waals surface area contributed by atoms with Crippen molar-refractivity contribution >= 4 is 11.2 Å². The highest BCUT2D eigenvalue weighted by molar-refractivity contribution is 7.92. The predicted octanol–water partition coefficient (Wildman–Crippen LogP) is 2.37. The molecule has 1 atom stereocenters. The summed E-state index contributed by atoms with van der Waals surface area (Å²) in [7, 11) is 0. The normalized spacial score (nSPS) is 19.4. The SMILES string of the molecule is CC(C)CN1CCC([S+]([O-])c2ccc(CN)cc2)CC1. The second-order valence-electron chi connectivity index (χ2n) is 6.04. The molecule has 2 N–H and O–H groups in total. The maximum Gasteiger partial charge on any atom is 0.152 e. The van der Waals surface area contributed by atoms with Gasteiger partial charge in [0, 0.05) is 39.0 Å². The number of piperidine rings is 1. The number of likely N-dealkylation sites (tertiary alicyclic amines) is 1. The number of benzene rings is 1. The predicted molar refractivity (Wildman–Crippen MR) is 85.0 cm³/mol. The standard InChI is InChI=1S/C16H26N2OS/c1-13(2)12-18-9-7-16(8-10-18)20(19)15-5-3-14(11-17)4-6-15/h3-6,13,16H,7-12,17H2,1-2H3. The Morgan fingerprint density at radius 2 is 1.85 bits per heavy atom. The lowest BCUT2D eigenvalue weighted by molar-refractivity contribution is 0.207. The number of hydrogen-bond donors (Lipinski definition) is 1. The van der Waals surface area contributed by atoms with Crippen molar-refractivity contribution in [3.05, 3.63) is 29.8 Å². The van der Waals surface area contributed by atoms with Crippen molar-refractivity contribution in [2.75, 3.05) is 19.6 Å². The average Bonchev–Trinajstić information content (AvgIpc) is 2.47. The number of rotatable bonds is 5. The molecule has 1 saturated heterocycles. The summed E-state index contributed by atoms with van der Waals surface area (Å²) in [4.78, 5) is 3.44. The van der Waals surface area contributed by atoms with E-state index in [1.807, 2.05) is 24.3 Å². The van der Waals surface area contributed by atoms with Crippen LogP contribution in [0.1, 0.15) is 32.3 Å². The molecule has 1 fully saturated rings. The van der Waals surface area contributed by atoms with Gasteiger partial charge < -0.3 is 15.2 Å². The van der Waals surface area contributed by atoms with Gasteiger partial charge >= 0.3 is 0 Å². The van der Waals surface area contributed by atoms with Crippen LogP contribution in [0.5, 0.6) is 0 Å². The van der Waals surface area contributed by atoms with Gasteiger partial charge in [0.25, 0.3) is 0 Å². The first-order chi connectivity index (χ1) is 9.60. The van der Waals surface area contributed by atoms with E-state index in [2.05, 4.69) is 18.7 Å². The van der Waals surface area contributed by atoms with E-state index in [-0.39, 0.29) is 0 Å². The van der Waals surface area contributed by atoms with Crippen LogP contribution in [0.3, 0.4) is 0 Å². The van der Waals surface area contributed by atoms with E-state index in [1.165, 1.54) is 0 Å². The van der Waals surface area contributed by atoms with Crippen LogP contribution in [-0.4, -0.2) is 34.3 Å². The minimum Gasteiger partial charge on any atom is -0.611 e. The molecule has 1 unspecified atom stereocenters. The zero-order valence-electron chi connectivity index (χ0n) is 12.5. The minimum absolute atomic E-state index is 0.308. The topological polar surface area (TPSA) is 52.3 Å². The fourth-order valence-corrected chi connectivity index (χ4v) is 4.20. The quantitative estimate of drug-likeness (QED) is 0.848. The highest BCUT2D eigenvalue weighted by Gasteiger charge is 2.29. The van der Waals surface area contributed by atoms with Crippen LogP contribution >= 0.6 is 0 Å². The van der Waals surface area contributed by atoms with Gasteiger partial charge in [-0.3, -0.25) is 0 Å². The molecule has 0 aliphatic carbocycles. The van der Waals surface area contributed by atoms with Crippen LogP contribution in [0.2, 0.25) is 0 Å². The smallest absolute Gasteiger partial charge is 0.152 e. The van der Waals surface area contributed by atoms with Crippen molar-refractivity contribution in [3.63, 3.8) is 0 Å². The lowest BCUT2D eigenvalue weighted by Crippen LogP contribution is -2.40. The Morgan fingerprint density at radius 1 is 1.25 bits per heavy atom. The fourth-order valence-electron chi connectivity index (χ4n) is 2.77. The molecule has 4 heteroatoms. The minimum atomic E-state index is -0.875. The number of nitrogens with zero attached hydrogens (tertiary/aromatic N) is 1. The summed E-state index contributed by atoms with van der Waals surface area (Å²) < 4.78 is 12.6. The maximum atomic E-state index is 12.6. The summed E-state index contributed by atoms with van der Waals surface area (Å²) in [6, 6.07) is 7.92. The molecule has 1 aliphatic rings. The summed E-state index contributed by atoms with van der Waals surface area (Å²) in [6.45, 7) is 8.36. The summed E-state index contributed by atoms with van der Waals surface area (Å²) in [5.74, 6) is 0.709. The van der Waals surface area contributed by atoms with Crippen molar-refractivity contribution in [2.45, 2.75) is 43.4 Å². The molecule has 0 bridgehead atoms. The molecule has 2 rings (SSSR count). The van der Waals surface area contributed by atoms with E-state index in [4.69, 9.17) is 5.73 Å². The zero-order valence-corrected chi connectivity index (χ0v) is 13.4. The third kappa shape index (κ3) is 4.22. The van der Waals surface area contributed by atoms with Gasteiger partial charge in [-0.1, -0.05) is 26.0 Å². The largest absolute Gasteiger partial charge is 0.611 e. The maximum absolute atomic E-state index is 12.6. The van der Waals surface area contributed by atoms with Crippen molar-refractivity contribution in [1.82, 2.24) is 4.90 Å². The van der Waals surface area contributed by atoms with E-state index < -0.39 is 11.2 Å². The molecule has 3 nitrogen and oxygen atoms in total. The van der Waals surface area contributed by atoms with E-state index in [1.54, 1.807) is 0 Å². The van der Waals surface area contributed by atoms with Crippen LogP contribution in [0.15, 0.2) is 29.2 Å². The Balaban J connectivity index is 1.89. The molecule has 1 heterocycles. The first-order valence-electron chi connectivity index (χ1n) is 7.52. The van der Waals surface area contributed by atoms with E-state index in [0.29, 0.717) is 17.7 Å². The van der Waals surface area contributed by atoms with Crippen molar-refractivity contribution in [3.8, 4) is 0 Å². The van der Waals surface area contributed by atoms with E-state index in [9.17, 15) is 4.55 Å². The lowest BCUT2D eigenvalue weighted by Gasteiger charge is -2.33. The van der Waals surface area contributed by atoms with Gasteiger partial charge in [0.1, 0.15) is 5.25 Å². The van der Waals surface area contributed by atoms with Crippen LogP contribution < -0.4 is 5.73 Å².